The minimum atomic E-state index is -1.05. The van der Waals surface area contributed by atoms with Crippen molar-refractivity contribution < 1.29 is 15.0 Å². The van der Waals surface area contributed by atoms with Crippen LogP contribution in [-0.4, -0.2) is 21.4 Å². The maximum absolute atomic E-state index is 10.8. The van der Waals surface area contributed by atoms with Gasteiger partial charge in [0.2, 0.25) is 5.69 Å². The molecule has 0 amide bonds. The molecule has 0 radical (unpaired) electrons. The van der Waals surface area contributed by atoms with Crippen LogP contribution in [0.3, 0.4) is 0 Å². The normalized spacial score (nSPS) is 10.0. The van der Waals surface area contributed by atoms with E-state index < -0.39 is 5.97 Å². The molecule has 2 aromatic rings. The van der Waals surface area contributed by atoms with Gasteiger partial charge in [-0.3, -0.25) is 0 Å². The highest BCUT2D eigenvalue weighted by molar-refractivity contribution is 5.91. The number of carboxylic acids is 1. The van der Waals surface area contributed by atoms with Crippen LogP contribution in [0.4, 0.5) is 0 Å². The van der Waals surface area contributed by atoms with Crippen LogP contribution < -0.4 is 5.10 Å². The van der Waals surface area contributed by atoms with E-state index in [-0.39, 0.29) is 5.69 Å². The van der Waals surface area contributed by atoms with E-state index in [0.29, 0.717) is 5.69 Å². The van der Waals surface area contributed by atoms with Crippen molar-refractivity contribution in [1.82, 2.24) is 10.3 Å². The molecule has 5 heteroatoms. The van der Waals surface area contributed by atoms with Crippen LogP contribution in [0.5, 0.6) is 0 Å². The summed E-state index contributed by atoms with van der Waals surface area (Å²) in [6, 6.07) is 9.16. The minimum absolute atomic E-state index is 0.00352. The first-order valence-corrected chi connectivity index (χ1v) is 4.04. The fourth-order valence-electron chi connectivity index (χ4n) is 1.22. The molecule has 3 N–H and O–H groups in total. The molecule has 0 unspecified atom stereocenters. The Hall–Kier alpha value is -2.17. The van der Waals surface area contributed by atoms with Gasteiger partial charge in [0.05, 0.1) is 5.10 Å². The van der Waals surface area contributed by atoms with E-state index in [1.54, 1.807) is 0 Å². The predicted octanol–water partition coefficient (Wildman–Crippen LogP) is 0.589. The van der Waals surface area contributed by atoms with Crippen LogP contribution in [0.25, 0.3) is 11.3 Å². The third kappa shape index (κ3) is 1.35. The van der Waals surface area contributed by atoms with E-state index in [1.807, 2.05) is 30.3 Å². The summed E-state index contributed by atoms with van der Waals surface area (Å²) in [5, 5.41) is 17.5. The van der Waals surface area contributed by atoms with Crippen molar-refractivity contribution >= 4 is 5.97 Å². The maximum Gasteiger partial charge on any atom is 0.387 e. The second-order valence-electron chi connectivity index (χ2n) is 2.74. The van der Waals surface area contributed by atoms with Gasteiger partial charge in [-0.2, -0.15) is 5.10 Å². The zero-order chi connectivity index (χ0) is 9.97. The van der Waals surface area contributed by atoms with Crippen molar-refractivity contribution in [2.45, 2.75) is 0 Å². The number of H-pyrrole nitrogens is 2. The van der Waals surface area contributed by atoms with Crippen molar-refractivity contribution in [1.29, 1.82) is 0 Å². The molecule has 0 aliphatic heterocycles. The van der Waals surface area contributed by atoms with Gasteiger partial charge in [-0.25, -0.2) is 4.79 Å². The van der Waals surface area contributed by atoms with E-state index in [1.165, 1.54) is 0 Å². The van der Waals surface area contributed by atoms with Crippen LogP contribution in [0, 0.1) is 0 Å². The van der Waals surface area contributed by atoms with Gasteiger partial charge in [-0.15, -0.1) is 0 Å². The largest absolute Gasteiger partial charge is 0.475 e. The van der Waals surface area contributed by atoms with Crippen molar-refractivity contribution in [2.75, 3.05) is 0 Å². The summed E-state index contributed by atoms with van der Waals surface area (Å²) >= 11 is 0. The number of aromatic amines is 2. The Bertz CT molecular complexity index is 450. The molecule has 0 saturated carbocycles. The number of aromatic nitrogens is 3. The minimum Gasteiger partial charge on any atom is -0.475 e. The highest BCUT2D eigenvalue weighted by Gasteiger charge is 2.23. The Morgan fingerprint density at radius 1 is 1.36 bits per heavy atom. The molecule has 70 valence electrons. The lowest BCUT2D eigenvalue weighted by Crippen LogP contribution is -2.07. The molecule has 0 bridgehead atoms. The Kier molecular flexibility index (Phi) is 1.98. The molecule has 14 heavy (non-hydrogen) atoms. The molecule has 0 atom stereocenters. The number of hydrogen-bond donors (Lipinski definition) is 2. The van der Waals surface area contributed by atoms with Crippen LogP contribution in [0.15, 0.2) is 30.3 Å². The highest BCUT2D eigenvalue weighted by atomic mass is 16.4. The molecule has 0 spiro atoms. The zero-order valence-corrected chi connectivity index (χ0v) is 7.19. The lowest BCUT2D eigenvalue weighted by Gasteiger charge is -1.91. The summed E-state index contributed by atoms with van der Waals surface area (Å²) in [4.78, 5) is 10.8. The number of aromatic carboxylic acids is 1. The third-order valence-corrected chi connectivity index (χ3v) is 1.85. The molecule has 1 aromatic carbocycles. The average molecular weight is 190 g/mol. The van der Waals surface area contributed by atoms with Crippen molar-refractivity contribution in [2.24, 2.45) is 0 Å². The molecule has 0 aliphatic carbocycles. The fraction of sp³-hybridized carbons (Fsp3) is 0. The lowest BCUT2D eigenvalue weighted by atomic mass is 10.1. The molecule has 0 aliphatic rings. The van der Waals surface area contributed by atoms with E-state index in [4.69, 9.17) is 5.11 Å². The monoisotopic (exact) mass is 190 g/mol. The van der Waals surface area contributed by atoms with Gasteiger partial charge in [0.15, 0.2) is 0 Å². The molecule has 0 saturated heterocycles. The molecule has 2 rings (SSSR count). The summed E-state index contributed by atoms with van der Waals surface area (Å²) in [6.07, 6.45) is 0. The van der Waals surface area contributed by atoms with Gasteiger partial charge in [-0.05, 0) is 0 Å². The van der Waals surface area contributed by atoms with Crippen molar-refractivity contribution in [3.63, 3.8) is 0 Å². The predicted molar refractivity (Wildman–Crippen MR) is 47.5 cm³/mol. The van der Waals surface area contributed by atoms with E-state index in [2.05, 4.69) is 15.4 Å². The molecular weight excluding hydrogens is 182 g/mol. The van der Waals surface area contributed by atoms with Gasteiger partial charge < -0.3 is 5.11 Å². The van der Waals surface area contributed by atoms with Gasteiger partial charge in [0, 0.05) is 5.56 Å². The second-order valence-corrected chi connectivity index (χ2v) is 2.74. The standard InChI is InChI=1S/C9H7N3O2/c13-9(14)8-7(10-12-11-8)6-4-2-1-3-5-6/h1-5H,(H,13,14)(H,10,11,12)/p+1. The molecule has 1 heterocycles. The molecule has 5 nitrogen and oxygen atoms in total. The first-order chi connectivity index (χ1) is 6.79. The topological polar surface area (TPSA) is 80.1 Å². The smallest absolute Gasteiger partial charge is 0.387 e. The van der Waals surface area contributed by atoms with Crippen molar-refractivity contribution in [3.8, 4) is 11.3 Å². The van der Waals surface area contributed by atoms with Crippen molar-refractivity contribution in [3.05, 3.63) is 36.0 Å². The van der Waals surface area contributed by atoms with Crippen LogP contribution >= 0.6 is 0 Å². The molecule has 0 fully saturated rings. The quantitative estimate of drug-likeness (QED) is 0.727. The van der Waals surface area contributed by atoms with Gasteiger partial charge in [0.25, 0.3) is 0 Å². The van der Waals surface area contributed by atoms with Crippen LogP contribution in [0.2, 0.25) is 0 Å². The summed E-state index contributed by atoms with van der Waals surface area (Å²) < 4.78 is 0. The number of hydrogen-bond acceptors (Lipinski definition) is 2. The Morgan fingerprint density at radius 3 is 2.71 bits per heavy atom. The Morgan fingerprint density at radius 2 is 2.07 bits per heavy atom. The number of nitrogens with zero attached hydrogens (tertiary/aromatic N) is 1. The molecular formula is C9H8N3O2+. The fourth-order valence-corrected chi connectivity index (χ4v) is 1.22. The van der Waals surface area contributed by atoms with E-state index in [0.717, 1.165) is 5.56 Å². The Labute approximate surface area is 79.4 Å². The third-order valence-electron chi connectivity index (χ3n) is 1.85. The first kappa shape index (κ1) is 8.43. The van der Waals surface area contributed by atoms with Gasteiger partial charge in [0.1, 0.15) is 0 Å². The number of rotatable bonds is 2. The maximum atomic E-state index is 10.8. The summed E-state index contributed by atoms with van der Waals surface area (Å²) in [5.74, 6) is -1.05. The number of carboxylic acid groups (broad SMARTS) is 1. The lowest BCUT2D eigenvalue weighted by molar-refractivity contribution is -0.443. The average Bonchev–Trinajstić information content (AvgIpc) is 2.67. The number of nitrogens with one attached hydrogen (secondary N) is 2. The van der Waals surface area contributed by atoms with Crippen LogP contribution in [0.1, 0.15) is 10.5 Å². The first-order valence-electron chi connectivity index (χ1n) is 4.04. The molecule has 1 aromatic heterocycles. The second kappa shape index (κ2) is 3.29. The number of carbonyl (C=O) groups is 1. The summed E-state index contributed by atoms with van der Waals surface area (Å²) in [5.41, 5.74) is 1.27. The van der Waals surface area contributed by atoms with E-state index >= 15 is 0 Å². The van der Waals surface area contributed by atoms with E-state index in [9.17, 15) is 4.79 Å². The zero-order valence-electron chi connectivity index (χ0n) is 7.19. The summed E-state index contributed by atoms with van der Waals surface area (Å²) in [6.45, 7) is 0. The Balaban J connectivity index is 2.52. The van der Waals surface area contributed by atoms with Gasteiger partial charge >= 0.3 is 11.7 Å². The highest BCUT2D eigenvalue weighted by Crippen LogP contribution is 2.15. The number of benzene rings is 1. The SMILES string of the molecule is O=C(O)c1n[nH][nH+]c1-c1ccccc1. The van der Waals surface area contributed by atoms with Crippen LogP contribution in [-0.2, 0) is 0 Å². The van der Waals surface area contributed by atoms with Gasteiger partial charge in [-0.1, -0.05) is 35.5 Å². The summed E-state index contributed by atoms with van der Waals surface area (Å²) in [7, 11) is 0.